The first kappa shape index (κ1) is 13.6. The molecule has 2 aromatic rings. The highest BCUT2D eigenvalue weighted by Crippen LogP contribution is 2.50. The van der Waals surface area contributed by atoms with Crippen LogP contribution in [0.25, 0.3) is 11.0 Å². The molecular formula is C15H17BrN2O2. The number of benzene rings is 1. The van der Waals surface area contributed by atoms with E-state index in [4.69, 9.17) is 9.72 Å². The Kier molecular flexibility index (Phi) is 3.12. The van der Waals surface area contributed by atoms with Crippen molar-refractivity contribution in [3.05, 3.63) is 28.5 Å². The molecule has 0 radical (unpaired) electrons. The third kappa shape index (κ3) is 1.87. The van der Waals surface area contributed by atoms with Gasteiger partial charge in [0, 0.05) is 10.5 Å². The first-order chi connectivity index (χ1) is 9.49. The first-order valence-corrected chi connectivity index (χ1v) is 7.55. The van der Waals surface area contributed by atoms with Crippen LogP contribution in [0.2, 0.25) is 0 Å². The molecule has 3 rings (SSSR count). The Morgan fingerprint density at radius 1 is 1.45 bits per heavy atom. The highest BCUT2D eigenvalue weighted by molar-refractivity contribution is 9.10. The summed E-state index contributed by atoms with van der Waals surface area (Å²) in [5.74, 6) is 0.668. The Balaban J connectivity index is 2.25. The zero-order chi connectivity index (χ0) is 14.5. The number of carbonyl (C=O) groups is 1. The van der Waals surface area contributed by atoms with E-state index in [-0.39, 0.29) is 12.0 Å². The van der Waals surface area contributed by atoms with Crippen molar-refractivity contribution in [2.45, 2.75) is 38.1 Å². The summed E-state index contributed by atoms with van der Waals surface area (Å²) in [6, 6.07) is 6.29. The van der Waals surface area contributed by atoms with Gasteiger partial charge in [0.1, 0.15) is 11.2 Å². The standard InChI is InChI=1S/C15H17BrN2O2/c1-9(2)18-12-5-4-10(16)8-11(12)17-13(18)15(6-7-15)14(19)20-3/h4-5,8-9H,6-7H2,1-3H3. The molecule has 0 N–H and O–H groups in total. The van der Waals surface area contributed by atoms with E-state index < -0.39 is 5.41 Å². The van der Waals surface area contributed by atoms with E-state index in [0.717, 1.165) is 34.2 Å². The lowest BCUT2D eigenvalue weighted by Gasteiger charge is -2.18. The maximum atomic E-state index is 12.1. The molecule has 20 heavy (non-hydrogen) atoms. The van der Waals surface area contributed by atoms with Gasteiger partial charge in [-0.25, -0.2) is 4.98 Å². The van der Waals surface area contributed by atoms with E-state index >= 15 is 0 Å². The van der Waals surface area contributed by atoms with Gasteiger partial charge < -0.3 is 9.30 Å². The second-order valence-electron chi connectivity index (χ2n) is 5.61. The summed E-state index contributed by atoms with van der Waals surface area (Å²) in [5.41, 5.74) is 1.44. The molecule has 1 aliphatic rings. The van der Waals surface area contributed by atoms with Crippen molar-refractivity contribution in [1.29, 1.82) is 0 Å². The smallest absolute Gasteiger partial charge is 0.319 e. The molecule has 4 nitrogen and oxygen atoms in total. The molecule has 0 unspecified atom stereocenters. The molecule has 1 aliphatic carbocycles. The van der Waals surface area contributed by atoms with Crippen molar-refractivity contribution in [2.75, 3.05) is 7.11 Å². The topological polar surface area (TPSA) is 44.1 Å². The highest BCUT2D eigenvalue weighted by atomic mass is 79.9. The van der Waals surface area contributed by atoms with Crippen molar-refractivity contribution < 1.29 is 9.53 Å². The van der Waals surface area contributed by atoms with Crippen molar-refractivity contribution in [3.8, 4) is 0 Å². The number of nitrogens with zero attached hydrogens (tertiary/aromatic N) is 2. The third-order valence-corrected chi connectivity index (χ3v) is 4.42. The fourth-order valence-corrected chi connectivity index (χ4v) is 3.12. The average Bonchev–Trinajstić information content (AvgIpc) is 3.13. The van der Waals surface area contributed by atoms with Gasteiger partial charge in [-0.1, -0.05) is 15.9 Å². The van der Waals surface area contributed by atoms with Gasteiger partial charge in [-0.05, 0) is 44.9 Å². The SMILES string of the molecule is COC(=O)C1(c2nc3cc(Br)ccc3n2C(C)C)CC1. The molecule has 0 atom stereocenters. The van der Waals surface area contributed by atoms with E-state index in [9.17, 15) is 4.79 Å². The van der Waals surface area contributed by atoms with Crippen molar-refractivity contribution in [3.63, 3.8) is 0 Å². The van der Waals surface area contributed by atoms with Gasteiger partial charge in [-0.2, -0.15) is 0 Å². The van der Waals surface area contributed by atoms with Crippen LogP contribution in [0.3, 0.4) is 0 Å². The summed E-state index contributed by atoms with van der Waals surface area (Å²) < 4.78 is 8.14. The summed E-state index contributed by atoms with van der Waals surface area (Å²) >= 11 is 3.47. The van der Waals surface area contributed by atoms with Crippen LogP contribution in [-0.2, 0) is 14.9 Å². The van der Waals surface area contributed by atoms with Crippen molar-refractivity contribution in [2.24, 2.45) is 0 Å². The van der Waals surface area contributed by atoms with Gasteiger partial charge in [0.15, 0.2) is 0 Å². The number of hydrogen-bond acceptors (Lipinski definition) is 3. The quantitative estimate of drug-likeness (QED) is 0.804. The van der Waals surface area contributed by atoms with Gasteiger partial charge in [-0.3, -0.25) is 4.79 Å². The summed E-state index contributed by atoms with van der Waals surface area (Å²) in [4.78, 5) is 16.9. The van der Waals surface area contributed by atoms with E-state index in [0.29, 0.717) is 0 Å². The molecule has 1 aromatic heterocycles. The van der Waals surface area contributed by atoms with Crippen molar-refractivity contribution in [1.82, 2.24) is 9.55 Å². The van der Waals surface area contributed by atoms with Crippen LogP contribution in [0.1, 0.15) is 38.6 Å². The molecule has 1 fully saturated rings. The van der Waals surface area contributed by atoms with Crippen LogP contribution in [0.4, 0.5) is 0 Å². The maximum absolute atomic E-state index is 12.1. The first-order valence-electron chi connectivity index (χ1n) is 6.76. The van der Waals surface area contributed by atoms with Crippen LogP contribution in [-0.4, -0.2) is 22.6 Å². The second-order valence-corrected chi connectivity index (χ2v) is 6.52. The van der Waals surface area contributed by atoms with E-state index in [1.807, 2.05) is 18.2 Å². The number of esters is 1. The zero-order valence-electron chi connectivity index (χ0n) is 11.8. The third-order valence-electron chi connectivity index (χ3n) is 3.92. The molecule has 5 heteroatoms. The van der Waals surface area contributed by atoms with E-state index in [1.54, 1.807) is 0 Å². The predicted octanol–water partition coefficient (Wildman–Crippen LogP) is 3.58. The molecule has 0 spiro atoms. The number of aromatic nitrogens is 2. The molecule has 0 amide bonds. The maximum Gasteiger partial charge on any atom is 0.319 e. The summed E-state index contributed by atoms with van der Waals surface area (Å²) in [5, 5.41) is 0. The minimum absolute atomic E-state index is 0.172. The number of methoxy groups -OCH3 is 1. The van der Waals surface area contributed by atoms with Gasteiger partial charge in [-0.15, -0.1) is 0 Å². The average molecular weight is 337 g/mol. The van der Waals surface area contributed by atoms with E-state index in [1.165, 1.54) is 7.11 Å². The molecule has 1 aromatic carbocycles. The van der Waals surface area contributed by atoms with Gasteiger partial charge >= 0.3 is 5.97 Å². The van der Waals surface area contributed by atoms with Crippen LogP contribution >= 0.6 is 15.9 Å². The Labute approximate surface area is 126 Å². The number of halogens is 1. The minimum atomic E-state index is -0.537. The molecular weight excluding hydrogens is 320 g/mol. The predicted molar refractivity (Wildman–Crippen MR) is 80.7 cm³/mol. The lowest BCUT2D eigenvalue weighted by atomic mass is 10.1. The number of rotatable bonds is 3. The molecule has 106 valence electrons. The largest absolute Gasteiger partial charge is 0.468 e. The zero-order valence-corrected chi connectivity index (χ0v) is 13.4. The summed E-state index contributed by atoms with van der Waals surface area (Å²) in [6.45, 7) is 4.22. The lowest BCUT2D eigenvalue weighted by Crippen LogP contribution is -2.26. The molecule has 1 heterocycles. The van der Waals surface area contributed by atoms with Gasteiger partial charge in [0.05, 0.1) is 18.1 Å². The number of carbonyl (C=O) groups excluding carboxylic acids is 1. The molecule has 0 aliphatic heterocycles. The van der Waals surface area contributed by atoms with Gasteiger partial charge in [0.2, 0.25) is 0 Å². The molecule has 0 bridgehead atoms. The summed E-state index contributed by atoms with van der Waals surface area (Å²) in [6.07, 6.45) is 1.63. The number of fused-ring (bicyclic) bond motifs is 1. The van der Waals surface area contributed by atoms with Crippen LogP contribution in [0, 0.1) is 0 Å². The molecule has 0 saturated heterocycles. The van der Waals surface area contributed by atoms with Crippen molar-refractivity contribution >= 4 is 32.9 Å². The monoisotopic (exact) mass is 336 g/mol. The lowest BCUT2D eigenvalue weighted by molar-refractivity contribution is -0.144. The van der Waals surface area contributed by atoms with Crippen LogP contribution in [0.15, 0.2) is 22.7 Å². The second kappa shape index (κ2) is 4.58. The van der Waals surface area contributed by atoms with Gasteiger partial charge in [0.25, 0.3) is 0 Å². The summed E-state index contributed by atoms with van der Waals surface area (Å²) in [7, 11) is 1.45. The normalized spacial score (nSPS) is 16.6. The van der Waals surface area contributed by atoms with Crippen LogP contribution < -0.4 is 0 Å². The fourth-order valence-electron chi connectivity index (χ4n) is 2.77. The highest BCUT2D eigenvalue weighted by Gasteiger charge is 2.56. The minimum Gasteiger partial charge on any atom is -0.468 e. The molecule has 1 saturated carbocycles. The Morgan fingerprint density at radius 2 is 2.15 bits per heavy atom. The Morgan fingerprint density at radius 3 is 2.70 bits per heavy atom. The number of imidazole rings is 1. The van der Waals surface area contributed by atoms with Crippen LogP contribution in [0.5, 0.6) is 0 Å². The number of ether oxygens (including phenoxy) is 1. The Hall–Kier alpha value is -1.36. The van der Waals surface area contributed by atoms with E-state index in [2.05, 4.69) is 34.3 Å². The Bertz CT molecular complexity index is 686. The number of hydrogen-bond donors (Lipinski definition) is 0. The fraction of sp³-hybridized carbons (Fsp3) is 0.467.